The van der Waals surface area contributed by atoms with E-state index >= 15 is 0 Å². The molecule has 0 atom stereocenters. The minimum atomic E-state index is -1.26. The lowest BCUT2D eigenvalue weighted by Crippen LogP contribution is -2.19. The number of carboxylic acid groups (broad SMARTS) is 2. The number of unbranched alkanes of at least 4 members (excludes halogenated alkanes) is 1. The maximum atomic E-state index is 9.55. The molecule has 0 spiro atoms. The first kappa shape index (κ1) is 24.1. The van der Waals surface area contributed by atoms with Gasteiger partial charge in [-0.3, -0.25) is 4.68 Å². The van der Waals surface area contributed by atoms with Crippen LogP contribution in [0, 0.1) is 0 Å². The van der Waals surface area contributed by atoms with Gasteiger partial charge in [-0.15, -0.1) is 5.10 Å². The summed E-state index contributed by atoms with van der Waals surface area (Å²) in [6.07, 6.45) is 6.99. The van der Waals surface area contributed by atoms with Gasteiger partial charge in [0.2, 0.25) is 5.88 Å². The van der Waals surface area contributed by atoms with Gasteiger partial charge in [0.1, 0.15) is 0 Å². The molecule has 0 fully saturated rings. The molecule has 0 saturated carbocycles. The lowest BCUT2D eigenvalue weighted by Gasteiger charge is -2.16. The molecule has 8 heteroatoms. The van der Waals surface area contributed by atoms with Gasteiger partial charge in [-0.2, -0.15) is 0 Å². The summed E-state index contributed by atoms with van der Waals surface area (Å²) in [4.78, 5) is 21.5. The number of fused-ring (bicyclic) bond motifs is 1. The van der Waals surface area contributed by atoms with Crippen LogP contribution in [0.3, 0.4) is 0 Å². The number of aromatic nitrogens is 2. The highest BCUT2D eigenvalue weighted by atomic mass is 16.5. The summed E-state index contributed by atoms with van der Waals surface area (Å²) in [5.74, 6) is -1.71. The number of carboxylic acids is 2. The zero-order chi connectivity index (χ0) is 22.5. The van der Waals surface area contributed by atoms with Crippen LogP contribution in [0.25, 0.3) is 0 Å². The molecular formula is C23H31N3O5. The highest BCUT2D eigenvalue weighted by Crippen LogP contribution is 2.19. The van der Waals surface area contributed by atoms with E-state index in [4.69, 9.17) is 14.9 Å². The number of aliphatic carboxylic acids is 2. The number of benzene rings is 1. The van der Waals surface area contributed by atoms with Crippen molar-refractivity contribution in [2.45, 2.75) is 45.2 Å². The van der Waals surface area contributed by atoms with E-state index in [1.54, 1.807) is 0 Å². The summed E-state index contributed by atoms with van der Waals surface area (Å²) >= 11 is 0. The number of aryl methyl sites for hydroxylation is 2. The zero-order valence-corrected chi connectivity index (χ0v) is 17.9. The van der Waals surface area contributed by atoms with Crippen molar-refractivity contribution in [1.82, 2.24) is 14.7 Å². The van der Waals surface area contributed by atoms with E-state index in [1.807, 2.05) is 0 Å². The third-order valence-corrected chi connectivity index (χ3v) is 4.74. The Bertz CT molecular complexity index is 809. The van der Waals surface area contributed by atoms with Crippen LogP contribution in [0.2, 0.25) is 0 Å². The molecule has 1 aromatic carbocycles. The van der Waals surface area contributed by atoms with E-state index < -0.39 is 11.9 Å². The van der Waals surface area contributed by atoms with Crippen LogP contribution in [-0.2, 0) is 29.1 Å². The summed E-state index contributed by atoms with van der Waals surface area (Å²) < 4.78 is 7.91. The third-order valence-electron chi connectivity index (χ3n) is 4.74. The number of ether oxygens (including phenoxy) is 1. The van der Waals surface area contributed by atoms with Crippen molar-refractivity contribution in [3.05, 3.63) is 59.8 Å². The molecule has 31 heavy (non-hydrogen) atoms. The van der Waals surface area contributed by atoms with Gasteiger partial charge >= 0.3 is 11.9 Å². The number of rotatable bonds is 10. The fraction of sp³-hybridized carbons (Fsp3) is 0.435. The Morgan fingerprint density at radius 3 is 2.48 bits per heavy atom. The SMILES string of the molecule is CN(CCCCOc1cc2n(n1)CCCC2)Cc1ccccc1.O=C(O)/C=C\C(=O)O. The number of hydrogen-bond donors (Lipinski definition) is 2. The van der Waals surface area contributed by atoms with Crippen molar-refractivity contribution in [2.75, 3.05) is 20.2 Å². The second-order valence-corrected chi connectivity index (χ2v) is 7.44. The lowest BCUT2D eigenvalue weighted by molar-refractivity contribution is -0.134. The lowest BCUT2D eigenvalue weighted by atomic mass is 10.1. The molecule has 1 aliphatic heterocycles. The Kier molecular flexibility index (Phi) is 10.3. The van der Waals surface area contributed by atoms with E-state index in [0.717, 1.165) is 51.4 Å². The average molecular weight is 430 g/mol. The highest BCUT2D eigenvalue weighted by molar-refractivity contribution is 5.89. The van der Waals surface area contributed by atoms with Crippen LogP contribution in [0.15, 0.2) is 48.6 Å². The molecular weight excluding hydrogens is 398 g/mol. The van der Waals surface area contributed by atoms with Crippen molar-refractivity contribution in [1.29, 1.82) is 0 Å². The van der Waals surface area contributed by atoms with Crippen LogP contribution in [-0.4, -0.2) is 57.0 Å². The molecule has 1 aromatic heterocycles. The summed E-state index contributed by atoms with van der Waals surface area (Å²) in [5.41, 5.74) is 2.70. The van der Waals surface area contributed by atoms with Crippen LogP contribution in [0.4, 0.5) is 0 Å². The van der Waals surface area contributed by atoms with E-state index in [2.05, 4.69) is 58.1 Å². The summed E-state index contributed by atoms with van der Waals surface area (Å²) in [5, 5.41) is 20.1. The topological polar surface area (TPSA) is 105 Å². The molecule has 0 unspecified atom stereocenters. The van der Waals surface area contributed by atoms with Crippen LogP contribution < -0.4 is 4.74 Å². The van der Waals surface area contributed by atoms with Gasteiger partial charge in [-0.25, -0.2) is 9.59 Å². The predicted molar refractivity (Wildman–Crippen MR) is 117 cm³/mol. The maximum absolute atomic E-state index is 9.55. The molecule has 3 rings (SSSR count). The molecule has 8 nitrogen and oxygen atoms in total. The number of hydrogen-bond acceptors (Lipinski definition) is 5. The molecule has 0 saturated heterocycles. The van der Waals surface area contributed by atoms with Gasteiger partial charge in [0.15, 0.2) is 0 Å². The maximum Gasteiger partial charge on any atom is 0.328 e. The van der Waals surface area contributed by atoms with Gasteiger partial charge in [0, 0.05) is 37.0 Å². The predicted octanol–water partition coefficient (Wildman–Crippen LogP) is 3.22. The molecule has 2 N–H and O–H groups in total. The Morgan fingerprint density at radius 2 is 1.84 bits per heavy atom. The van der Waals surface area contributed by atoms with Gasteiger partial charge in [-0.05, 0) is 51.3 Å². The smallest absolute Gasteiger partial charge is 0.328 e. The Labute approximate surface area is 182 Å². The Balaban J connectivity index is 0.000000366. The first-order chi connectivity index (χ1) is 14.9. The molecule has 1 aliphatic rings. The van der Waals surface area contributed by atoms with E-state index in [1.165, 1.54) is 24.1 Å². The standard InChI is InChI=1S/C19H27N3O.C4H4O4/c1-21(16-17-9-3-2-4-10-17)12-7-8-14-23-19-15-18-11-5-6-13-22(18)20-19;5-3(6)1-2-4(7)8/h2-4,9-10,15H,5-8,11-14,16H2,1H3;1-2H,(H,5,6)(H,7,8)/b;2-1-. The van der Waals surface area contributed by atoms with Crippen LogP contribution in [0.5, 0.6) is 5.88 Å². The Hall–Kier alpha value is -3.13. The molecule has 0 bridgehead atoms. The molecule has 2 aromatic rings. The van der Waals surface area contributed by atoms with E-state index in [-0.39, 0.29) is 0 Å². The van der Waals surface area contributed by atoms with Crippen molar-refractivity contribution >= 4 is 11.9 Å². The molecule has 0 radical (unpaired) electrons. The van der Waals surface area contributed by atoms with Crippen molar-refractivity contribution in [2.24, 2.45) is 0 Å². The van der Waals surface area contributed by atoms with Crippen LogP contribution in [0.1, 0.15) is 36.9 Å². The highest BCUT2D eigenvalue weighted by Gasteiger charge is 2.12. The van der Waals surface area contributed by atoms with Crippen LogP contribution >= 0.6 is 0 Å². The van der Waals surface area contributed by atoms with Crippen molar-refractivity contribution < 1.29 is 24.5 Å². The van der Waals surface area contributed by atoms with Gasteiger partial charge in [-0.1, -0.05) is 30.3 Å². The quantitative estimate of drug-likeness (QED) is 0.441. The average Bonchev–Trinajstić information content (AvgIpc) is 3.16. The van der Waals surface area contributed by atoms with Crippen molar-refractivity contribution in [3.63, 3.8) is 0 Å². The zero-order valence-electron chi connectivity index (χ0n) is 17.9. The first-order valence-corrected chi connectivity index (χ1v) is 10.5. The van der Waals surface area contributed by atoms with Gasteiger partial charge in [0.05, 0.1) is 6.61 Å². The fourth-order valence-electron chi connectivity index (χ4n) is 3.24. The van der Waals surface area contributed by atoms with Gasteiger partial charge < -0.3 is 19.8 Å². The second-order valence-electron chi connectivity index (χ2n) is 7.44. The second kappa shape index (κ2) is 13.2. The largest absolute Gasteiger partial charge is 0.478 e. The summed E-state index contributed by atoms with van der Waals surface area (Å²) in [6, 6.07) is 12.7. The molecule has 0 amide bonds. The Morgan fingerprint density at radius 1 is 1.13 bits per heavy atom. The van der Waals surface area contributed by atoms with E-state index in [0.29, 0.717) is 12.2 Å². The minimum Gasteiger partial charge on any atom is -0.478 e. The summed E-state index contributed by atoms with van der Waals surface area (Å²) in [6.45, 7) is 3.91. The fourth-order valence-corrected chi connectivity index (χ4v) is 3.24. The normalized spacial score (nSPS) is 12.8. The first-order valence-electron chi connectivity index (χ1n) is 10.5. The molecule has 0 aliphatic carbocycles. The molecule has 2 heterocycles. The summed E-state index contributed by atoms with van der Waals surface area (Å²) in [7, 11) is 2.18. The number of nitrogens with zero attached hydrogens (tertiary/aromatic N) is 3. The number of carbonyl (C=O) groups is 2. The van der Waals surface area contributed by atoms with E-state index in [9.17, 15) is 9.59 Å². The van der Waals surface area contributed by atoms with Crippen molar-refractivity contribution in [3.8, 4) is 5.88 Å². The third kappa shape index (κ3) is 9.95. The minimum absolute atomic E-state index is 0.558. The molecule has 168 valence electrons. The van der Waals surface area contributed by atoms with Gasteiger partial charge in [0.25, 0.3) is 0 Å². The monoisotopic (exact) mass is 429 g/mol.